The predicted molar refractivity (Wildman–Crippen MR) is 116 cm³/mol. The molecule has 2 amide bonds. The lowest BCUT2D eigenvalue weighted by molar-refractivity contribution is 0.237. The van der Waals surface area contributed by atoms with E-state index in [-0.39, 0.29) is 12.1 Å². The molecule has 1 heterocycles. The molecule has 0 aliphatic carbocycles. The van der Waals surface area contributed by atoms with Crippen molar-refractivity contribution in [1.82, 2.24) is 14.9 Å². The Bertz CT molecular complexity index is 955. The zero-order chi connectivity index (χ0) is 21.6. The topological polar surface area (TPSA) is 87.7 Å². The summed E-state index contributed by atoms with van der Waals surface area (Å²) in [7, 11) is -1.84. The van der Waals surface area contributed by atoms with Gasteiger partial charge >= 0.3 is 6.03 Å². The first-order chi connectivity index (χ1) is 14.4. The summed E-state index contributed by atoms with van der Waals surface area (Å²) in [6.45, 7) is 3.35. The molecular formula is C22H29N3O4S. The Morgan fingerprint density at radius 3 is 2.40 bits per heavy atom. The highest BCUT2D eigenvalue weighted by Gasteiger charge is 2.25. The largest absolute Gasteiger partial charge is 0.496 e. The number of para-hydroxylation sites is 1. The van der Waals surface area contributed by atoms with Crippen LogP contribution < -0.4 is 15.4 Å². The fourth-order valence-corrected chi connectivity index (χ4v) is 5.08. The van der Waals surface area contributed by atoms with Gasteiger partial charge in [-0.2, -0.15) is 4.31 Å². The van der Waals surface area contributed by atoms with E-state index in [4.69, 9.17) is 4.74 Å². The van der Waals surface area contributed by atoms with Gasteiger partial charge in [0.1, 0.15) is 5.75 Å². The monoisotopic (exact) mass is 431 g/mol. The average molecular weight is 432 g/mol. The minimum atomic E-state index is -3.44. The maximum atomic E-state index is 12.7. The fourth-order valence-electron chi connectivity index (χ4n) is 3.57. The number of rotatable bonds is 7. The lowest BCUT2D eigenvalue weighted by Crippen LogP contribution is -2.36. The van der Waals surface area contributed by atoms with Gasteiger partial charge < -0.3 is 15.4 Å². The Morgan fingerprint density at radius 2 is 1.73 bits per heavy atom. The van der Waals surface area contributed by atoms with Crippen molar-refractivity contribution in [2.24, 2.45) is 0 Å². The van der Waals surface area contributed by atoms with Crippen LogP contribution in [0.4, 0.5) is 4.79 Å². The van der Waals surface area contributed by atoms with Gasteiger partial charge in [0.15, 0.2) is 0 Å². The first kappa shape index (κ1) is 22.1. The number of methoxy groups -OCH3 is 1. The van der Waals surface area contributed by atoms with Crippen molar-refractivity contribution in [2.45, 2.75) is 43.7 Å². The van der Waals surface area contributed by atoms with Crippen LogP contribution in [-0.4, -0.2) is 39.0 Å². The van der Waals surface area contributed by atoms with Crippen LogP contribution in [0.5, 0.6) is 5.75 Å². The average Bonchev–Trinajstić information content (AvgIpc) is 2.78. The molecule has 2 N–H and O–H groups in total. The van der Waals surface area contributed by atoms with Crippen LogP contribution in [0, 0.1) is 0 Å². The van der Waals surface area contributed by atoms with Crippen LogP contribution in [0.1, 0.15) is 43.4 Å². The van der Waals surface area contributed by atoms with Crippen molar-refractivity contribution in [2.75, 3.05) is 20.2 Å². The van der Waals surface area contributed by atoms with Gasteiger partial charge in [0.25, 0.3) is 0 Å². The summed E-state index contributed by atoms with van der Waals surface area (Å²) in [4.78, 5) is 12.6. The molecule has 1 aliphatic rings. The molecule has 7 nitrogen and oxygen atoms in total. The number of hydrogen-bond acceptors (Lipinski definition) is 4. The first-order valence-electron chi connectivity index (χ1n) is 10.2. The molecule has 1 atom stereocenters. The zero-order valence-electron chi connectivity index (χ0n) is 17.4. The summed E-state index contributed by atoms with van der Waals surface area (Å²) >= 11 is 0. The first-order valence-corrected chi connectivity index (χ1v) is 11.6. The van der Waals surface area contributed by atoms with Gasteiger partial charge in [-0.25, -0.2) is 13.2 Å². The minimum Gasteiger partial charge on any atom is -0.496 e. The number of nitrogens with one attached hydrogen (secondary N) is 2. The van der Waals surface area contributed by atoms with Crippen LogP contribution in [0.25, 0.3) is 0 Å². The summed E-state index contributed by atoms with van der Waals surface area (Å²) < 4.78 is 32.3. The predicted octanol–water partition coefficient (Wildman–Crippen LogP) is 3.43. The molecular weight excluding hydrogens is 402 g/mol. The third-order valence-corrected chi connectivity index (χ3v) is 7.20. The standard InChI is InChI=1S/C22H29N3O4S/c1-17(20-8-4-5-9-21(20)29-2)24-22(26)23-16-18-10-12-19(13-11-18)30(27,28)25-14-6-3-7-15-25/h4-5,8-13,17H,3,6-7,14-16H2,1-2H3,(H2,23,24,26)/t17-/m0/s1. The molecule has 0 spiro atoms. The van der Waals surface area contributed by atoms with Gasteiger partial charge in [0.2, 0.25) is 10.0 Å². The summed E-state index contributed by atoms with van der Waals surface area (Å²) in [5.41, 5.74) is 1.72. The second-order valence-electron chi connectivity index (χ2n) is 7.40. The molecule has 162 valence electrons. The fraction of sp³-hybridized carbons (Fsp3) is 0.409. The smallest absolute Gasteiger partial charge is 0.315 e. The lowest BCUT2D eigenvalue weighted by atomic mass is 10.1. The minimum absolute atomic E-state index is 0.224. The second-order valence-corrected chi connectivity index (χ2v) is 9.34. The molecule has 2 aromatic rings. The van der Waals surface area contributed by atoms with E-state index in [0.29, 0.717) is 24.5 Å². The second kappa shape index (κ2) is 9.95. The number of ether oxygens (including phenoxy) is 1. The molecule has 0 aromatic heterocycles. The van der Waals surface area contributed by atoms with Gasteiger partial charge in [-0.3, -0.25) is 0 Å². The molecule has 0 saturated carbocycles. The van der Waals surface area contributed by atoms with Crippen molar-refractivity contribution in [3.8, 4) is 5.75 Å². The number of piperidine rings is 1. The number of amides is 2. The van der Waals surface area contributed by atoms with Gasteiger partial charge in [-0.1, -0.05) is 36.8 Å². The Labute approximate surface area is 178 Å². The highest BCUT2D eigenvalue weighted by Crippen LogP contribution is 2.24. The van der Waals surface area contributed by atoms with Gasteiger partial charge in [-0.05, 0) is 43.5 Å². The van der Waals surface area contributed by atoms with E-state index in [0.717, 1.165) is 36.1 Å². The number of hydrogen-bond donors (Lipinski definition) is 2. The van der Waals surface area contributed by atoms with Gasteiger partial charge in [0, 0.05) is 25.2 Å². The highest BCUT2D eigenvalue weighted by molar-refractivity contribution is 7.89. The molecule has 1 fully saturated rings. The summed E-state index contributed by atoms with van der Waals surface area (Å²) in [5, 5.41) is 5.70. The summed E-state index contributed by atoms with van der Waals surface area (Å²) in [6, 6.07) is 13.7. The van der Waals surface area contributed by atoms with Crippen LogP contribution in [0.15, 0.2) is 53.4 Å². The van der Waals surface area contributed by atoms with E-state index in [1.165, 1.54) is 0 Å². The molecule has 0 radical (unpaired) electrons. The van der Waals surface area contributed by atoms with Crippen LogP contribution >= 0.6 is 0 Å². The van der Waals surface area contributed by atoms with E-state index in [2.05, 4.69) is 10.6 Å². The van der Waals surface area contributed by atoms with Crippen LogP contribution in [0.3, 0.4) is 0 Å². The number of sulfonamides is 1. The maximum Gasteiger partial charge on any atom is 0.315 e. The Hall–Kier alpha value is -2.58. The van der Waals surface area contributed by atoms with Crippen molar-refractivity contribution in [3.05, 3.63) is 59.7 Å². The van der Waals surface area contributed by atoms with Crippen molar-refractivity contribution >= 4 is 16.1 Å². The summed E-state index contributed by atoms with van der Waals surface area (Å²) in [5.74, 6) is 0.718. The van der Waals surface area contributed by atoms with E-state index in [1.54, 1.807) is 35.7 Å². The molecule has 3 rings (SSSR count). The molecule has 0 unspecified atom stereocenters. The quantitative estimate of drug-likeness (QED) is 0.703. The van der Waals surface area contributed by atoms with E-state index < -0.39 is 10.0 Å². The van der Waals surface area contributed by atoms with E-state index in [1.807, 2.05) is 31.2 Å². The third-order valence-electron chi connectivity index (χ3n) is 5.28. The van der Waals surface area contributed by atoms with Crippen LogP contribution in [0.2, 0.25) is 0 Å². The molecule has 1 saturated heterocycles. The van der Waals surface area contributed by atoms with Gasteiger partial charge in [0.05, 0.1) is 18.0 Å². The number of urea groups is 1. The Morgan fingerprint density at radius 1 is 1.07 bits per heavy atom. The SMILES string of the molecule is COc1ccccc1[C@H](C)NC(=O)NCc1ccc(S(=O)(=O)N2CCCCC2)cc1. The van der Waals surface area contributed by atoms with Crippen molar-refractivity contribution < 1.29 is 17.9 Å². The molecule has 2 aromatic carbocycles. The molecule has 1 aliphatic heterocycles. The van der Waals surface area contributed by atoms with Crippen molar-refractivity contribution in [3.63, 3.8) is 0 Å². The normalized spacial score (nSPS) is 15.9. The van der Waals surface area contributed by atoms with E-state index >= 15 is 0 Å². The molecule has 0 bridgehead atoms. The van der Waals surface area contributed by atoms with E-state index in [9.17, 15) is 13.2 Å². The van der Waals surface area contributed by atoms with Gasteiger partial charge in [-0.15, -0.1) is 0 Å². The maximum absolute atomic E-state index is 12.7. The number of benzene rings is 2. The Kier molecular flexibility index (Phi) is 7.33. The highest BCUT2D eigenvalue weighted by atomic mass is 32.2. The number of carbonyl (C=O) groups excluding carboxylic acids is 1. The van der Waals surface area contributed by atoms with Crippen molar-refractivity contribution in [1.29, 1.82) is 0 Å². The lowest BCUT2D eigenvalue weighted by Gasteiger charge is -2.25. The molecule has 8 heteroatoms. The Balaban J connectivity index is 1.55. The summed E-state index contributed by atoms with van der Waals surface area (Å²) in [6.07, 6.45) is 2.89. The third kappa shape index (κ3) is 5.31. The number of nitrogens with zero attached hydrogens (tertiary/aromatic N) is 1. The number of carbonyl (C=O) groups is 1. The van der Waals surface area contributed by atoms with Crippen LogP contribution in [-0.2, 0) is 16.6 Å². The molecule has 30 heavy (non-hydrogen) atoms. The zero-order valence-corrected chi connectivity index (χ0v) is 18.2.